The summed E-state index contributed by atoms with van der Waals surface area (Å²) in [5, 5.41) is 6.20. The first-order valence-electron chi connectivity index (χ1n) is 6.72. The first kappa shape index (κ1) is 14.0. The standard InChI is InChI=1S/C16H14ClFN2O/c17-13-3-4-14(18)15(8-13)20-16(21)11-2-1-10-5-6-19-9-12(10)7-11/h1-4,7-8,19H,5-6,9H2,(H,20,21). The van der Waals surface area contributed by atoms with E-state index >= 15 is 0 Å². The Morgan fingerprint density at radius 3 is 2.90 bits per heavy atom. The lowest BCUT2D eigenvalue weighted by atomic mass is 9.98. The summed E-state index contributed by atoms with van der Waals surface area (Å²) in [4.78, 5) is 12.2. The third kappa shape index (κ3) is 3.06. The summed E-state index contributed by atoms with van der Waals surface area (Å²) in [6.07, 6.45) is 0.958. The lowest BCUT2D eigenvalue weighted by Gasteiger charge is -2.17. The van der Waals surface area contributed by atoms with Gasteiger partial charge in [-0.25, -0.2) is 4.39 Å². The summed E-state index contributed by atoms with van der Waals surface area (Å²) in [5.74, 6) is -0.850. The largest absolute Gasteiger partial charge is 0.319 e. The SMILES string of the molecule is O=C(Nc1cc(Cl)ccc1F)c1ccc2c(c1)CNCC2. The fourth-order valence-electron chi connectivity index (χ4n) is 2.41. The van der Waals surface area contributed by atoms with Crippen LogP contribution in [0.1, 0.15) is 21.5 Å². The smallest absolute Gasteiger partial charge is 0.255 e. The Morgan fingerprint density at radius 1 is 1.19 bits per heavy atom. The Balaban J connectivity index is 1.83. The minimum atomic E-state index is -0.507. The molecule has 1 aliphatic heterocycles. The molecule has 0 unspecified atom stereocenters. The van der Waals surface area contributed by atoms with Crippen LogP contribution in [-0.4, -0.2) is 12.5 Å². The number of halogens is 2. The Bertz CT molecular complexity index is 703. The average molecular weight is 305 g/mol. The Morgan fingerprint density at radius 2 is 2.05 bits per heavy atom. The monoisotopic (exact) mass is 304 g/mol. The fraction of sp³-hybridized carbons (Fsp3) is 0.188. The molecule has 2 aromatic carbocycles. The van der Waals surface area contributed by atoms with Crippen molar-refractivity contribution in [2.75, 3.05) is 11.9 Å². The molecule has 0 saturated carbocycles. The van der Waals surface area contributed by atoms with Crippen molar-refractivity contribution in [3.63, 3.8) is 0 Å². The number of benzene rings is 2. The zero-order valence-electron chi connectivity index (χ0n) is 11.2. The highest BCUT2D eigenvalue weighted by molar-refractivity contribution is 6.31. The van der Waals surface area contributed by atoms with E-state index in [-0.39, 0.29) is 11.6 Å². The van der Waals surface area contributed by atoms with Gasteiger partial charge in [0.1, 0.15) is 5.82 Å². The normalized spacial score (nSPS) is 13.6. The molecule has 5 heteroatoms. The van der Waals surface area contributed by atoms with Crippen molar-refractivity contribution in [3.05, 3.63) is 63.9 Å². The molecule has 0 bridgehead atoms. The molecule has 0 aromatic heterocycles. The number of fused-ring (bicyclic) bond motifs is 1. The second kappa shape index (κ2) is 5.84. The molecule has 1 aliphatic rings. The van der Waals surface area contributed by atoms with Crippen molar-refractivity contribution in [3.8, 4) is 0 Å². The topological polar surface area (TPSA) is 41.1 Å². The molecular formula is C16H14ClFN2O. The van der Waals surface area contributed by atoms with Crippen LogP contribution in [0.3, 0.4) is 0 Å². The zero-order chi connectivity index (χ0) is 14.8. The molecule has 0 fully saturated rings. The molecule has 0 aliphatic carbocycles. The van der Waals surface area contributed by atoms with Crippen LogP contribution in [0.15, 0.2) is 36.4 Å². The van der Waals surface area contributed by atoms with E-state index in [1.54, 1.807) is 6.07 Å². The van der Waals surface area contributed by atoms with Crippen molar-refractivity contribution < 1.29 is 9.18 Å². The van der Waals surface area contributed by atoms with Gasteiger partial charge in [0.25, 0.3) is 5.91 Å². The molecular weight excluding hydrogens is 291 g/mol. The van der Waals surface area contributed by atoms with Crippen LogP contribution < -0.4 is 10.6 Å². The maximum absolute atomic E-state index is 13.6. The van der Waals surface area contributed by atoms with Gasteiger partial charge in [-0.2, -0.15) is 0 Å². The number of rotatable bonds is 2. The molecule has 21 heavy (non-hydrogen) atoms. The van der Waals surface area contributed by atoms with Gasteiger partial charge in [-0.05, 0) is 54.4 Å². The van der Waals surface area contributed by atoms with Gasteiger partial charge < -0.3 is 10.6 Å². The maximum Gasteiger partial charge on any atom is 0.255 e. The van der Waals surface area contributed by atoms with Gasteiger partial charge in [0, 0.05) is 17.1 Å². The predicted molar refractivity (Wildman–Crippen MR) is 81.2 cm³/mol. The van der Waals surface area contributed by atoms with Gasteiger partial charge in [-0.3, -0.25) is 4.79 Å². The molecule has 108 valence electrons. The van der Waals surface area contributed by atoms with E-state index in [9.17, 15) is 9.18 Å². The number of nitrogens with one attached hydrogen (secondary N) is 2. The second-order valence-corrected chi connectivity index (χ2v) is 5.42. The highest BCUT2D eigenvalue weighted by atomic mass is 35.5. The Hall–Kier alpha value is -1.91. The molecule has 2 N–H and O–H groups in total. The summed E-state index contributed by atoms with van der Waals surface area (Å²) < 4.78 is 13.6. The number of carbonyl (C=O) groups excluding carboxylic acids is 1. The number of carbonyl (C=O) groups is 1. The highest BCUT2D eigenvalue weighted by Crippen LogP contribution is 2.21. The second-order valence-electron chi connectivity index (χ2n) is 4.99. The van der Waals surface area contributed by atoms with Gasteiger partial charge in [-0.1, -0.05) is 17.7 Å². The molecule has 3 rings (SSSR count). The minimum absolute atomic E-state index is 0.0864. The molecule has 0 atom stereocenters. The van der Waals surface area contributed by atoms with Crippen molar-refractivity contribution in [2.45, 2.75) is 13.0 Å². The van der Waals surface area contributed by atoms with Gasteiger partial charge in [-0.15, -0.1) is 0 Å². The third-order valence-corrected chi connectivity index (χ3v) is 3.77. The van der Waals surface area contributed by atoms with Crippen molar-refractivity contribution >= 4 is 23.2 Å². The van der Waals surface area contributed by atoms with Gasteiger partial charge in [0.05, 0.1) is 5.69 Å². The van der Waals surface area contributed by atoms with Crippen LogP contribution >= 0.6 is 11.6 Å². The molecule has 0 spiro atoms. The molecule has 0 saturated heterocycles. The Labute approximate surface area is 127 Å². The maximum atomic E-state index is 13.6. The van der Waals surface area contributed by atoms with Gasteiger partial charge >= 0.3 is 0 Å². The lowest BCUT2D eigenvalue weighted by Crippen LogP contribution is -2.24. The van der Waals surface area contributed by atoms with E-state index in [1.165, 1.54) is 23.8 Å². The van der Waals surface area contributed by atoms with Crippen LogP contribution in [0.4, 0.5) is 10.1 Å². The summed E-state index contributed by atoms with van der Waals surface area (Å²) in [6, 6.07) is 9.64. The third-order valence-electron chi connectivity index (χ3n) is 3.53. The molecule has 1 heterocycles. The van der Waals surface area contributed by atoms with E-state index in [1.807, 2.05) is 12.1 Å². The molecule has 3 nitrogen and oxygen atoms in total. The average Bonchev–Trinajstić information content (AvgIpc) is 2.50. The number of amides is 1. The van der Waals surface area contributed by atoms with E-state index in [0.29, 0.717) is 10.6 Å². The van der Waals surface area contributed by atoms with Gasteiger partial charge in [0.15, 0.2) is 0 Å². The molecule has 2 aromatic rings. The first-order valence-corrected chi connectivity index (χ1v) is 7.10. The highest BCUT2D eigenvalue weighted by Gasteiger charge is 2.14. The quantitative estimate of drug-likeness (QED) is 0.893. The van der Waals surface area contributed by atoms with Crippen molar-refractivity contribution in [2.24, 2.45) is 0 Å². The summed E-state index contributed by atoms with van der Waals surface area (Å²) >= 11 is 5.81. The van der Waals surface area contributed by atoms with Crippen LogP contribution in [0.5, 0.6) is 0 Å². The molecule has 1 amide bonds. The minimum Gasteiger partial charge on any atom is -0.319 e. The number of hydrogen-bond acceptors (Lipinski definition) is 2. The summed E-state index contributed by atoms with van der Waals surface area (Å²) in [6.45, 7) is 1.70. The van der Waals surface area contributed by atoms with E-state index in [0.717, 1.165) is 25.1 Å². The number of anilines is 1. The lowest BCUT2D eigenvalue weighted by molar-refractivity contribution is 0.102. The Kier molecular flexibility index (Phi) is 3.90. The van der Waals surface area contributed by atoms with E-state index in [4.69, 9.17) is 11.6 Å². The van der Waals surface area contributed by atoms with Crippen molar-refractivity contribution in [1.82, 2.24) is 5.32 Å². The molecule has 0 radical (unpaired) electrons. The predicted octanol–water partition coefficient (Wildman–Crippen LogP) is 3.38. The van der Waals surface area contributed by atoms with Crippen LogP contribution in [0, 0.1) is 5.82 Å². The van der Waals surface area contributed by atoms with E-state index in [2.05, 4.69) is 10.6 Å². The summed E-state index contributed by atoms with van der Waals surface area (Å²) in [7, 11) is 0. The van der Waals surface area contributed by atoms with Crippen molar-refractivity contribution in [1.29, 1.82) is 0 Å². The van der Waals surface area contributed by atoms with Crippen LogP contribution in [0.25, 0.3) is 0 Å². The van der Waals surface area contributed by atoms with Crippen LogP contribution in [0.2, 0.25) is 5.02 Å². The van der Waals surface area contributed by atoms with E-state index < -0.39 is 5.82 Å². The fourth-order valence-corrected chi connectivity index (χ4v) is 2.58. The first-order chi connectivity index (χ1) is 10.1. The zero-order valence-corrected chi connectivity index (χ0v) is 12.0. The number of hydrogen-bond donors (Lipinski definition) is 2. The summed E-state index contributed by atoms with van der Waals surface area (Å²) in [5.41, 5.74) is 2.96. The van der Waals surface area contributed by atoms with Crippen LogP contribution in [-0.2, 0) is 13.0 Å². The van der Waals surface area contributed by atoms with Gasteiger partial charge in [0.2, 0.25) is 0 Å².